The Morgan fingerprint density at radius 2 is 2.11 bits per heavy atom. The van der Waals surface area contributed by atoms with Crippen molar-refractivity contribution in [1.82, 2.24) is 14.8 Å². The zero-order valence-electron chi connectivity index (χ0n) is 16.0. The normalized spacial score (nSPS) is 13.9. The van der Waals surface area contributed by atoms with Gasteiger partial charge in [0.05, 0.1) is 18.1 Å². The van der Waals surface area contributed by atoms with E-state index in [1.807, 2.05) is 30.9 Å². The van der Waals surface area contributed by atoms with Gasteiger partial charge >= 0.3 is 5.97 Å². The lowest BCUT2D eigenvalue weighted by Crippen LogP contribution is -2.07. The summed E-state index contributed by atoms with van der Waals surface area (Å²) in [5.74, 6) is -0.826. The predicted octanol–water partition coefficient (Wildman–Crippen LogP) is 4.66. The predicted molar refractivity (Wildman–Crippen MR) is 112 cm³/mol. The summed E-state index contributed by atoms with van der Waals surface area (Å²) >= 11 is 1.78. The lowest BCUT2D eigenvalue weighted by molar-refractivity contribution is -0.136. The van der Waals surface area contributed by atoms with Gasteiger partial charge in [-0.3, -0.25) is 9.48 Å². The molecule has 0 unspecified atom stereocenters. The Balaban J connectivity index is 1.94. The molecule has 0 aliphatic heterocycles. The van der Waals surface area contributed by atoms with Gasteiger partial charge in [0.15, 0.2) is 0 Å². The van der Waals surface area contributed by atoms with E-state index >= 15 is 0 Å². The molecule has 28 heavy (non-hydrogen) atoms. The molecule has 0 saturated carbocycles. The molecule has 142 valence electrons. The van der Waals surface area contributed by atoms with Crippen LogP contribution in [0.4, 0.5) is 0 Å². The van der Waals surface area contributed by atoms with E-state index < -0.39 is 5.97 Å². The number of nitrogens with zero attached hydrogens (tertiary/aromatic N) is 3. The van der Waals surface area contributed by atoms with Crippen molar-refractivity contribution in [2.75, 3.05) is 0 Å². The highest BCUT2D eigenvalue weighted by Crippen LogP contribution is 2.44. The van der Waals surface area contributed by atoms with Gasteiger partial charge in [0.1, 0.15) is 4.83 Å². The molecule has 0 spiro atoms. The first-order valence-electron chi connectivity index (χ1n) is 9.61. The number of carboxylic acids is 1. The maximum atomic E-state index is 11.7. The topological polar surface area (TPSA) is 68.0 Å². The monoisotopic (exact) mass is 391 g/mol. The van der Waals surface area contributed by atoms with Crippen LogP contribution < -0.4 is 0 Å². The average molecular weight is 391 g/mol. The van der Waals surface area contributed by atoms with E-state index in [1.54, 1.807) is 11.3 Å². The molecule has 1 aliphatic rings. The third kappa shape index (κ3) is 2.55. The molecule has 1 aliphatic carbocycles. The number of aryl methyl sites for hydroxylation is 4. The summed E-state index contributed by atoms with van der Waals surface area (Å²) < 4.78 is 1.87. The standard InChI is InChI=1S/C22H21N3O2S/c1-12-15(10-19(26)27)20(13-7-5-8-17-16(13)11-23-25(17)2)21-14-6-3-4-9-18(14)28-22(21)24-12/h5,7-8,11H,3-4,6,9-10H2,1-2H3,(H,26,27). The number of hydrogen-bond acceptors (Lipinski definition) is 4. The van der Waals surface area contributed by atoms with E-state index in [9.17, 15) is 9.90 Å². The highest BCUT2D eigenvalue weighted by Gasteiger charge is 2.25. The minimum Gasteiger partial charge on any atom is -0.481 e. The summed E-state index contributed by atoms with van der Waals surface area (Å²) in [4.78, 5) is 19.0. The van der Waals surface area contributed by atoms with Gasteiger partial charge in [-0.1, -0.05) is 12.1 Å². The number of aromatic nitrogens is 3. The average Bonchev–Trinajstić information content (AvgIpc) is 3.23. The Bertz CT molecular complexity index is 1250. The lowest BCUT2D eigenvalue weighted by Gasteiger charge is -2.17. The summed E-state index contributed by atoms with van der Waals surface area (Å²) in [6.45, 7) is 1.93. The van der Waals surface area contributed by atoms with Gasteiger partial charge < -0.3 is 5.11 Å². The van der Waals surface area contributed by atoms with Crippen molar-refractivity contribution < 1.29 is 9.90 Å². The molecule has 6 heteroatoms. The number of carbonyl (C=O) groups is 1. The van der Waals surface area contributed by atoms with E-state index in [2.05, 4.69) is 17.2 Å². The molecule has 3 heterocycles. The van der Waals surface area contributed by atoms with Gasteiger partial charge in [-0.05, 0) is 60.9 Å². The fourth-order valence-corrected chi connectivity index (χ4v) is 5.82. The lowest BCUT2D eigenvalue weighted by atomic mass is 9.88. The summed E-state index contributed by atoms with van der Waals surface area (Å²) in [6.07, 6.45) is 6.40. The third-order valence-corrected chi connectivity index (χ3v) is 6.99. The molecule has 0 atom stereocenters. The minimum absolute atomic E-state index is 0.0224. The summed E-state index contributed by atoms with van der Waals surface area (Å²) in [6, 6.07) is 6.18. The molecule has 0 amide bonds. The summed E-state index contributed by atoms with van der Waals surface area (Å²) in [7, 11) is 1.93. The highest BCUT2D eigenvalue weighted by molar-refractivity contribution is 7.19. The van der Waals surface area contributed by atoms with Crippen molar-refractivity contribution in [3.63, 3.8) is 0 Å². The molecule has 1 N–H and O–H groups in total. The first-order chi connectivity index (χ1) is 13.5. The Kier molecular flexibility index (Phi) is 3.98. The van der Waals surface area contributed by atoms with E-state index in [1.165, 1.54) is 23.3 Å². The Labute approximate surface area is 166 Å². The summed E-state index contributed by atoms with van der Waals surface area (Å²) in [5.41, 5.74) is 6.16. The van der Waals surface area contributed by atoms with Crippen LogP contribution in [-0.2, 0) is 31.1 Å². The number of rotatable bonds is 3. The molecule has 0 bridgehead atoms. The van der Waals surface area contributed by atoms with E-state index in [-0.39, 0.29) is 6.42 Å². The van der Waals surface area contributed by atoms with Gasteiger partial charge in [0.2, 0.25) is 0 Å². The van der Waals surface area contributed by atoms with Crippen LogP contribution in [0.15, 0.2) is 24.4 Å². The second kappa shape index (κ2) is 6.41. The Morgan fingerprint density at radius 1 is 1.29 bits per heavy atom. The van der Waals surface area contributed by atoms with Crippen molar-refractivity contribution >= 4 is 38.4 Å². The van der Waals surface area contributed by atoms with Crippen LogP contribution in [0.1, 0.15) is 34.5 Å². The van der Waals surface area contributed by atoms with Crippen LogP contribution >= 0.6 is 11.3 Å². The van der Waals surface area contributed by atoms with E-state index in [4.69, 9.17) is 4.98 Å². The molecular weight excluding hydrogens is 370 g/mol. The minimum atomic E-state index is -0.826. The molecule has 5 nitrogen and oxygen atoms in total. The highest BCUT2D eigenvalue weighted by atomic mass is 32.1. The van der Waals surface area contributed by atoms with E-state index in [0.29, 0.717) is 0 Å². The van der Waals surface area contributed by atoms with Crippen LogP contribution in [0, 0.1) is 6.92 Å². The van der Waals surface area contributed by atoms with Crippen molar-refractivity contribution in [1.29, 1.82) is 0 Å². The molecule has 4 aromatic rings. The van der Waals surface area contributed by atoms with Gasteiger partial charge in [0.25, 0.3) is 0 Å². The number of carboxylic acid groups (broad SMARTS) is 1. The third-order valence-electron chi connectivity index (χ3n) is 5.80. The van der Waals surface area contributed by atoms with Crippen LogP contribution in [0.3, 0.4) is 0 Å². The van der Waals surface area contributed by atoms with E-state index in [0.717, 1.165) is 56.3 Å². The Hall–Kier alpha value is -2.73. The van der Waals surface area contributed by atoms with Crippen molar-refractivity contribution in [3.8, 4) is 11.1 Å². The van der Waals surface area contributed by atoms with Crippen molar-refractivity contribution in [2.45, 2.75) is 39.0 Å². The summed E-state index contributed by atoms with van der Waals surface area (Å²) in [5, 5.41) is 16.3. The number of benzene rings is 1. The first kappa shape index (κ1) is 17.4. The van der Waals surface area contributed by atoms with Gasteiger partial charge in [-0.15, -0.1) is 11.3 Å². The van der Waals surface area contributed by atoms with Gasteiger partial charge in [-0.2, -0.15) is 5.10 Å². The smallest absolute Gasteiger partial charge is 0.307 e. The zero-order chi connectivity index (χ0) is 19.4. The van der Waals surface area contributed by atoms with Gasteiger partial charge in [-0.25, -0.2) is 4.98 Å². The van der Waals surface area contributed by atoms with Crippen molar-refractivity contribution in [3.05, 3.63) is 46.1 Å². The second-order valence-corrected chi connectivity index (χ2v) is 8.60. The number of fused-ring (bicyclic) bond motifs is 4. The van der Waals surface area contributed by atoms with Gasteiger partial charge in [0, 0.05) is 28.4 Å². The molecule has 0 saturated heterocycles. The van der Waals surface area contributed by atoms with Crippen LogP contribution in [0.5, 0.6) is 0 Å². The van der Waals surface area contributed by atoms with Crippen LogP contribution in [0.2, 0.25) is 0 Å². The number of aliphatic carboxylic acids is 1. The van der Waals surface area contributed by atoms with Crippen LogP contribution in [0.25, 0.3) is 32.2 Å². The maximum Gasteiger partial charge on any atom is 0.307 e. The largest absolute Gasteiger partial charge is 0.481 e. The quantitative estimate of drug-likeness (QED) is 0.551. The molecule has 5 rings (SSSR count). The number of hydrogen-bond donors (Lipinski definition) is 1. The maximum absolute atomic E-state index is 11.7. The Morgan fingerprint density at radius 3 is 2.93 bits per heavy atom. The zero-order valence-corrected chi connectivity index (χ0v) is 16.8. The second-order valence-electron chi connectivity index (χ2n) is 7.52. The number of thiophene rings is 1. The molecule has 1 aromatic carbocycles. The van der Waals surface area contributed by atoms with Crippen molar-refractivity contribution in [2.24, 2.45) is 7.05 Å². The fourth-order valence-electron chi connectivity index (χ4n) is 4.50. The first-order valence-corrected chi connectivity index (χ1v) is 10.4. The fraction of sp³-hybridized carbons (Fsp3) is 0.318. The molecule has 0 fully saturated rings. The molecule has 0 radical (unpaired) electrons. The van der Waals surface area contributed by atoms with Crippen LogP contribution in [-0.4, -0.2) is 25.8 Å². The number of pyridine rings is 1. The molecular formula is C22H21N3O2S. The SMILES string of the molecule is Cc1nc2sc3c(c2c(-c2cccc4c2cnn4C)c1CC(=O)O)CCCC3. The molecule has 3 aromatic heterocycles.